The number of nitrogens with one attached hydrogen (secondary N) is 1. The van der Waals surface area contributed by atoms with Crippen LogP contribution in [-0.2, 0) is 14.3 Å². The average molecular weight is 392 g/mol. The zero-order chi connectivity index (χ0) is 20.7. The molecular formula is C21H32N2O5. The van der Waals surface area contributed by atoms with Crippen molar-refractivity contribution in [1.29, 1.82) is 0 Å². The fourth-order valence-corrected chi connectivity index (χ4v) is 3.68. The third-order valence-corrected chi connectivity index (χ3v) is 5.03. The van der Waals surface area contributed by atoms with Crippen LogP contribution in [0.1, 0.15) is 31.7 Å². The number of benzene rings is 1. The van der Waals surface area contributed by atoms with Crippen LogP contribution in [-0.4, -0.2) is 64.3 Å². The van der Waals surface area contributed by atoms with Crippen molar-refractivity contribution in [2.75, 3.05) is 47.6 Å². The lowest BCUT2D eigenvalue weighted by Crippen LogP contribution is -2.37. The monoisotopic (exact) mass is 392 g/mol. The number of hydrogen-bond acceptors (Lipinski definition) is 5. The van der Waals surface area contributed by atoms with E-state index in [0.29, 0.717) is 44.2 Å². The van der Waals surface area contributed by atoms with Gasteiger partial charge in [-0.1, -0.05) is 26.0 Å². The normalized spacial score (nSPS) is 19.0. The molecule has 1 aromatic rings. The molecule has 0 spiro atoms. The van der Waals surface area contributed by atoms with Gasteiger partial charge in [-0.05, 0) is 12.0 Å². The van der Waals surface area contributed by atoms with Crippen molar-refractivity contribution in [3.8, 4) is 11.5 Å². The predicted molar refractivity (Wildman–Crippen MR) is 107 cm³/mol. The lowest BCUT2D eigenvalue weighted by Gasteiger charge is -2.21. The van der Waals surface area contributed by atoms with Gasteiger partial charge in [0, 0.05) is 44.6 Å². The number of likely N-dealkylation sites (tertiary alicyclic amines) is 1. The summed E-state index contributed by atoms with van der Waals surface area (Å²) >= 11 is 0. The molecule has 0 aromatic heterocycles. The van der Waals surface area contributed by atoms with E-state index in [1.807, 2.05) is 32.0 Å². The van der Waals surface area contributed by atoms with E-state index >= 15 is 0 Å². The van der Waals surface area contributed by atoms with Crippen LogP contribution in [0.15, 0.2) is 18.2 Å². The van der Waals surface area contributed by atoms with Gasteiger partial charge in [-0.25, -0.2) is 0 Å². The Morgan fingerprint density at radius 2 is 1.93 bits per heavy atom. The highest BCUT2D eigenvalue weighted by atomic mass is 16.5. The van der Waals surface area contributed by atoms with Crippen LogP contribution in [0.2, 0.25) is 0 Å². The smallest absolute Gasteiger partial charge is 0.225 e. The molecule has 0 unspecified atom stereocenters. The summed E-state index contributed by atoms with van der Waals surface area (Å²) < 4.78 is 16.0. The van der Waals surface area contributed by atoms with Crippen molar-refractivity contribution in [2.45, 2.75) is 26.2 Å². The lowest BCUT2D eigenvalue weighted by atomic mass is 9.87. The summed E-state index contributed by atoms with van der Waals surface area (Å²) in [6.07, 6.45) is 0.472. The second-order valence-corrected chi connectivity index (χ2v) is 7.48. The minimum Gasteiger partial charge on any atom is -0.493 e. The van der Waals surface area contributed by atoms with Gasteiger partial charge in [-0.3, -0.25) is 9.59 Å². The summed E-state index contributed by atoms with van der Waals surface area (Å²) in [4.78, 5) is 27.3. The Kier molecular flexibility index (Phi) is 8.11. The molecule has 1 heterocycles. The molecule has 1 aliphatic rings. The van der Waals surface area contributed by atoms with E-state index < -0.39 is 0 Å². The topological polar surface area (TPSA) is 77.1 Å². The first kappa shape index (κ1) is 22.0. The molecule has 28 heavy (non-hydrogen) atoms. The largest absolute Gasteiger partial charge is 0.493 e. The van der Waals surface area contributed by atoms with E-state index in [-0.39, 0.29) is 29.6 Å². The van der Waals surface area contributed by atoms with Gasteiger partial charge in [0.2, 0.25) is 11.8 Å². The summed E-state index contributed by atoms with van der Waals surface area (Å²) in [5.74, 6) is 0.985. The van der Waals surface area contributed by atoms with Gasteiger partial charge in [-0.2, -0.15) is 0 Å². The molecule has 7 nitrogen and oxygen atoms in total. The fraction of sp³-hybridized carbons (Fsp3) is 0.619. The summed E-state index contributed by atoms with van der Waals surface area (Å²) in [5.41, 5.74) is 0.883. The Hall–Kier alpha value is -2.28. The molecule has 1 saturated heterocycles. The highest BCUT2D eigenvalue weighted by Gasteiger charge is 2.41. The highest BCUT2D eigenvalue weighted by molar-refractivity contribution is 5.83. The van der Waals surface area contributed by atoms with Crippen molar-refractivity contribution in [3.63, 3.8) is 0 Å². The Morgan fingerprint density at radius 1 is 1.18 bits per heavy atom. The number of hydrogen-bond donors (Lipinski definition) is 1. The quantitative estimate of drug-likeness (QED) is 0.651. The Labute approximate surface area is 167 Å². The average Bonchev–Trinajstić information content (AvgIpc) is 3.12. The first-order chi connectivity index (χ1) is 13.4. The van der Waals surface area contributed by atoms with Gasteiger partial charge in [-0.15, -0.1) is 0 Å². The summed E-state index contributed by atoms with van der Waals surface area (Å²) in [7, 11) is 4.77. The lowest BCUT2D eigenvalue weighted by molar-refractivity contribution is -0.131. The van der Waals surface area contributed by atoms with Crippen LogP contribution in [0.3, 0.4) is 0 Å². The number of carbonyl (C=O) groups is 2. The van der Waals surface area contributed by atoms with Crippen LogP contribution in [0.5, 0.6) is 11.5 Å². The van der Waals surface area contributed by atoms with Crippen molar-refractivity contribution < 1.29 is 23.8 Å². The molecule has 0 bridgehead atoms. The zero-order valence-electron chi connectivity index (χ0n) is 17.5. The number of carbonyl (C=O) groups excluding carboxylic acids is 2. The van der Waals surface area contributed by atoms with E-state index in [9.17, 15) is 9.59 Å². The van der Waals surface area contributed by atoms with Gasteiger partial charge in [0.15, 0.2) is 11.5 Å². The Bertz CT molecular complexity index is 677. The number of ether oxygens (including phenoxy) is 3. The standard InChI is InChI=1S/C21H32N2O5/c1-14(2)11-19(24)23-12-16(17(13-23)21(25)22-9-10-26-3)15-7-6-8-18(27-4)20(15)28-5/h6-8,14,16-17H,9-13H2,1-5H3,(H,22,25)/t16-,17-/m1/s1. The second kappa shape index (κ2) is 10.3. The molecule has 0 radical (unpaired) electrons. The van der Waals surface area contributed by atoms with Crippen LogP contribution < -0.4 is 14.8 Å². The van der Waals surface area contributed by atoms with Gasteiger partial charge < -0.3 is 24.4 Å². The molecular weight excluding hydrogens is 360 g/mol. The van der Waals surface area contributed by atoms with Gasteiger partial charge in [0.25, 0.3) is 0 Å². The number of methoxy groups -OCH3 is 3. The second-order valence-electron chi connectivity index (χ2n) is 7.48. The van der Waals surface area contributed by atoms with Crippen molar-refractivity contribution in [3.05, 3.63) is 23.8 Å². The predicted octanol–water partition coefficient (Wildman–Crippen LogP) is 2.05. The van der Waals surface area contributed by atoms with E-state index in [4.69, 9.17) is 14.2 Å². The van der Waals surface area contributed by atoms with E-state index in [1.165, 1.54) is 0 Å². The number of para-hydroxylation sites is 1. The maximum absolute atomic E-state index is 12.9. The first-order valence-corrected chi connectivity index (χ1v) is 9.68. The molecule has 156 valence electrons. The maximum atomic E-state index is 12.9. The molecule has 1 N–H and O–H groups in total. The molecule has 1 aromatic carbocycles. The highest BCUT2D eigenvalue weighted by Crippen LogP contribution is 2.42. The number of amides is 2. The van der Waals surface area contributed by atoms with Crippen molar-refractivity contribution in [1.82, 2.24) is 10.2 Å². The third-order valence-electron chi connectivity index (χ3n) is 5.03. The maximum Gasteiger partial charge on any atom is 0.225 e. The first-order valence-electron chi connectivity index (χ1n) is 9.68. The summed E-state index contributed by atoms with van der Waals surface area (Å²) in [5, 5.41) is 2.92. The SMILES string of the molecule is COCCNC(=O)[C@@H]1CN(C(=O)CC(C)C)C[C@@H]1c1cccc(OC)c1OC. The van der Waals surface area contributed by atoms with Gasteiger partial charge in [0.05, 0.1) is 26.7 Å². The van der Waals surface area contributed by atoms with Crippen molar-refractivity contribution in [2.24, 2.45) is 11.8 Å². The molecule has 1 aliphatic heterocycles. The van der Waals surface area contributed by atoms with Crippen molar-refractivity contribution >= 4 is 11.8 Å². The zero-order valence-corrected chi connectivity index (χ0v) is 17.5. The molecule has 2 amide bonds. The molecule has 1 fully saturated rings. The van der Waals surface area contributed by atoms with E-state index in [2.05, 4.69) is 5.32 Å². The molecule has 0 saturated carbocycles. The Morgan fingerprint density at radius 3 is 2.54 bits per heavy atom. The molecule has 2 atom stereocenters. The minimum atomic E-state index is -0.353. The summed E-state index contributed by atoms with van der Waals surface area (Å²) in [6, 6.07) is 5.65. The fourth-order valence-electron chi connectivity index (χ4n) is 3.68. The van der Waals surface area contributed by atoms with Crippen LogP contribution >= 0.6 is 0 Å². The molecule has 2 rings (SSSR count). The summed E-state index contributed by atoms with van der Waals surface area (Å²) in [6.45, 7) is 5.80. The van der Waals surface area contributed by atoms with E-state index in [1.54, 1.807) is 26.2 Å². The van der Waals surface area contributed by atoms with E-state index in [0.717, 1.165) is 5.56 Å². The Balaban J connectivity index is 2.31. The number of nitrogens with zero attached hydrogens (tertiary/aromatic N) is 1. The molecule has 0 aliphatic carbocycles. The minimum absolute atomic E-state index is 0.0771. The molecule has 7 heteroatoms. The van der Waals surface area contributed by atoms with Crippen LogP contribution in [0, 0.1) is 11.8 Å². The van der Waals surface area contributed by atoms with Gasteiger partial charge >= 0.3 is 0 Å². The van der Waals surface area contributed by atoms with Crippen LogP contribution in [0.25, 0.3) is 0 Å². The third kappa shape index (κ3) is 5.16. The van der Waals surface area contributed by atoms with Crippen LogP contribution in [0.4, 0.5) is 0 Å². The van der Waals surface area contributed by atoms with Gasteiger partial charge in [0.1, 0.15) is 0 Å². The number of rotatable bonds is 9.